The highest BCUT2D eigenvalue weighted by Gasteiger charge is 2.24. The molecule has 0 unspecified atom stereocenters. The first-order chi connectivity index (χ1) is 10.1. The Morgan fingerprint density at radius 2 is 2.10 bits per heavy atom. The van der Waals surface area contributed by atoms with Gasteiger partial charge in [0.15, 0.2) is 6.61 Å². The lowest BCUT2D eigenvalue weighted by Gasteiger charge is -2.17. The van der Waals surface area contributed by atoms with Crippen LogP contribution < -0.4 is 9.64 Å². The Labute approximate surface area is 123 Å². The molecule has 108 valence electrons. The van der Waals surface area contributed by atoms with Gasteiger partial charge in [-0.1, -0.05) is 18.2 Å². The molecule has 0 saturated heterocycles. The molecule has 1 aliphatic heterocycles. The van der Waals surface area contributed by atoms with Gasteiger partial charge in [-0.05, 0) is 37.5 Å². The lowest BCUT2D eigenvalue weighted by atomic mass is 10.2. The first-order valence-electron chi connectivity index (χ1n) is 6.97. The number of hydrogen-bond donors (Lipinski definition) is 0. The first kappa shape index (κ1) is 13.5. The topological polar surface area (TPSA) is 55.3 Å². The third-order valence-corrected chi connectivity index (χ3v) is 3.74. The predicted octanol–water partition coefficient (Wildman–Crippen LogP) is 2.06. The number of aryl methyl sites for hydroxylation is 2. The predicted molar refractivity (Wildman–Crippen MR) is 79.5 cm³/mol. The van der Waals surface area contributed by atoms with Gasteiger partial charge in [0.2, 0.25) is 5.88 Å². The van der Waals surface area contributed by atoms with Crippen LogP contribution in [-0.4, -0.2) is 29.3 Å². The van der Waals surface area contributed by atoms with Crippen LogP contribution in [0.3, 0.4) is 0 Å². The average Bonchev–Trinajstić information content (AvgIpc) is 2.92. The van der Waals surface area contributed by atoms with Crippen molar-refractivity contribution in [2.24, 2.45) is 0 Å². The number of aromatic nitrogens is 2. The summed E-state index contributed by atoms with van der Waals surface area (Å²) in [6.45, 7) is 4.51. The van der Waals surface area contributed by atoms with E-state index in [0.29, 0.717) is 12.4 Å². The lowest BCUT2D eigenvalue weighted by Crippen LogP contribution is -2.33. The number of anilines is 1. The largest absolute Gasteiger partial charge is 0.466 e. The molecular weight excluding hydrogens is 266 g/mol. The number of benzene rings is 1. The molecule has 0 atom stereocenters. The number of nitrogens with zero attached hydrogens (tertiary/aromatic N) is 3. The van der Waals surface area contributed by atoms with Gasteiger partial charge in [-0.2, -0.15) is 5.10 Å². The van der Waals surface area contributed by atoms with E-state index in [-0.39, 0.29) is 12.5 Å². The van der Waals surface area contributed by atoms with Gasteiger partial charge in [-0.25, -0.2) is 0 Å². The summed E-state index contributed by atoms with van der Waals surface area (Å²) < 4.78 is 5.47. The van der Waals surface area contributed by atoms with E-state index in [9.17, 15) is 4.79 Å². The summed E-state index contributed by atoms with van der Waals surface area (Å²) in [6.07, 6.45) is 0.894. The van der Waals surface area contributed by atoms with Crippen LogP contribution in [-0.2, 0) is 11.2 Å². The number of hydrogen-bond acceptors (Lipinski definition) is 4. The molecule has 0 saturated carbocycles. The Morgan fingerprint density at radius 3 is 2.90 bits per heavy atom. The minimum Gasteiger partial charge on any atom is -0.466 e. The van der Waals surface area contributed by atoms with Gasteiger partial charge >= 0.3 is 0 Å². The normalized spacial score (nSPS) is 13.1. The van der Waals surface area contributed by atoms with Crippen LogP contribution >= 0.6 is 0 Å². The van der Waals surface area contributed by atoms with E-state index in [4.69, 9.17) is 4.74 Å². The smallest absolute Gasteiger partial charge is 0.264 e. The van der Waals surface area contributed by atoms with Crippen molar-refractivity contribution < 1.29 is 9.53 Å². The maximum absolute atomic E-state index is 12.3. The van der Waals surface area contributed by atoms with Crippen LogP contribution in [0.15, 0.2) is 30.3 Å². The standard InChI is InChI=1S/C16H17N3O2/c1-11-9-15(18-17-12(11)2)21-10-16(20)19-8-7-13-5-3-4-6-14(13)19/h3-6,9H,7-8,10H2,1-2H3. The van der Waals surface area contributed by atoms with Crippen LogP contribution in [0.5, 0.6) is 5.88 Å². The number of carbonyl (C=O) groups excluding carboxylic acids is 1. The molecule has 2 heterocycles. The molecule has 5 nitrogen and oxygen atoms in total. The van der Waals surface area contributed by atoms with Crippen molar-refractivity contribution in [2.45, 2.75) is 20.3 Å². The molecule has 0 radical (unpaired) electrons. The number of amides is 1. The molecule has 5 heteroatoms. The van der Waals surface area contributed by atoms with Crippen LogP contribution in [0, 0.1) is 13.8 Å². The van der Waals surface area contributed by atoms with Crippen LogP contribution in [0.1, 0.15) is 16.8 Å². The van der Waals surface area contributed by atoms with E-state index in [1.54, 1.807) is 11.0 Å². The summed E-state index contributed by atoms with van der Waals surface area (Å²) in [5, 5.41) is 7.93. The summed E-state index contributed by atoms with van der Waals surface area (Å²) in [5.41, 5.74) is 4.05. The molecule has 0 bridgehead atoms. The summed E-state index contributed by atoms with van der Waals surface area (Å²) in [7, 11) is 0. The molecule has 1 aromatic heterocycles. The van der Waals surface area contributed by atoms with Gasteiger partial charge < -0.3 is 9.64 Å². The monoisotopic (exact) mass is 283 g/mol. The van der Waals surface area contributed by atoms with Crippen LogP contribution in [0.25, 0.3) is 0 Å². The Kier molecular flexibility index (Phi) is 3.56. The Balaban J connectivity index is 1.66. The second-order valence-electron chi connectivity index (χ2n) is 5.16. The molecule has 21 heavy (non-hydrogen) atoms. The third-order valence-electron chi connectivity index (χ3n) is 3.74. The molecule has 0 fully saturated rings. The fourth-order valence-corrected chi connectivity index (χ4v) is 2.40. The molecule has 1 aliphatic rings. The minimum absolute atomic E-state index is 0.0223. The average molecular weight is 283 g/mol. The molecule has 0 aliphatic carbocycles. The summed E-state index contributed by atoms with van der Waals surface area (Å²) in [6, 6.07) is 9.76. The Morgan fingerprint density at radius 1 is 1.29 bits per heavy atom. The number of rotatable bonds is 3. The zero-order valence-electron chi connectivity index (χ0n) is 12.2. The van der Waals surface area contributed by atoms with E-state index in [0.717, 1.165) is 23.4 Å². The van der Waals surface area contributed by atoms with Gasteiger partial charge in [0.25, 0.3) is 5.91 Å². The molecule has 3 rings (SSSR count). The van der Waals surface area contributed by atoms with E-state index < -0.39 is 0 Å². The Hall–Kier alpha value is -2.43. The van der Waals surface area contributed by atoms with E-state index in [1.807, 2.05) is 32.0 Å². The lowest BCUT2D eigenvalue weighted by molar-refractivity contribution is -0.120. The minimum atomic E-state index is -0.0556. The maximum Gasteiger partial charge on any atom is 0.264 e. The molecule has 0 spiro atoms. The number of ether oxygens (including phenoxy) is 1. The fourth-order valence-electron chi connectivity index (χ4n) is 2.40. The van der Waals surface area contributed by atoms with E-state index >= 15 is 0 Å². The van der Waals surface area contributed by atoms with Gasteiger partial charge in [-0.15, -0.1) is 5.10 Å². The molecule has 1 aromatic carbocycles. The quantitative estimate of drug-likeness (QED) is 0.865. The molecular formula is C16H17N3O2. The highest BCUT2D eigenvalue weighted by molar-refractivity contribution is 5.96. The van der Waals surface area contributed by atoms with Gasteiger partial charge in [0.1, 0.15) is 0 Å². The Bertz CT molecular complexity index is 685. The van der Waals surface area contributed by atoms with Gasteiger partial charge in [0.05, 0.1) is 5.69 Å². The first-order valence-corrected chi connectivity index (χ1v) is 6.97. The molecule has 2 aromatic rings. The highest BCUT2D eigenvalue weighted by atomic mass is 16.5. The van der Waals surface area contributed by atoms with Gasteiger partial charge in [0, 0.05) is 18.3 Å². The van der Waals surface area contributed by atoms with Crippen molar-refractivity contribution in [1.29, 1.82) is 0 Å². The van der Waals surface area contributed by atoms with Crippen molar-refractivity contribution in [2.75, 3.05) is 18.1 Å². The van der Waals surface area contributed by atoms with Crippen molar-refractivity contribution in [3.8, 4) is 5.88 Å². The van der Waals surface area contributed by atoms with Crippen molar-refractivity contribution in [3.63, 3.8) is 0 Å². The molecule has 0 N–H and O–H groups in total. The SMILES string of the molecule is Cc1cc(OCC(=O)N2CCc3ccccc32)nnc1C. The van der Waals surface area contributed by atoms with Crippen molar-refractivity contribution in [1.82, 2.24) is 10.2 Å². The second kappa shape index (κ2) is 5.52. The highest BCUT2D eigenvalue weighted by Crippen LogP contribution is 2.27. The molecule has 1 amide bonds. The number of carbonyl (C=O) groups is 1. The summed E-state index contributed by atoms with van der Waals surface area (Å²) in [5.74, 6) is 0.332. The zero-order valence-corrected chi connectivity index (χ0v) is 12.2. The van der Waals surface area contributed by atoms with Crippen LogP contribution in [0.2, 0.25) is 0 Å². The van der Waals surface area contributed by atoms with E-state index in [1.165, 1.54) is 5.56 Å². The number of para-hydroxylation sites is 1. The van der Waals surface area contributed by atoms with Crippen molar-refractivity contribution in [3.05, 3.63) is 47.2 Å². The maximum atomic E-state index is 12.3. The van der Waals surface area contributed by atoms with Gasteiger partial charge in [-0.3, -0.25) is 4.79 Å². The summed E-state index contributed by atoms with van der Waals surface area (Å²) in [4.78, 5) is 14.1. The van der Waals surface area contributed by atoms with E-state index in [2.05, 4.69) is 16.3 Å². The number of fused-ring (bicyclic) bond motifs is 1. The zero-order chi connectivity index (χ0) is 14.8. The second-order valence-corrected chi connectivity index (χ2v) is 5.16. The van der Waals surface area contributed by atoms with Crippen molar-refractivity contribution >= 4 is 11.6 Å². The third kappa shape index (κ3) is 2.72. The fraction of sp³-hybridized carbons (Fsp3) is 0.312. The summed E-state index contributed by atoms with van der Waals surface area (Å²) >= 11 is 0. The van der Waals surface area contributed by atoms with Crippen LogP contribution in [0.4, 0.5) is 5.69 Å².